The van der Waals surface area contributed by atoms with Crippen molar-refractivity contribution in [3.8, 4) is 22.8 Å². The first kappa shape index (κ1) is 21.3. The van der Waals surface area contributed by atoms with E-state index in [2.05, 4.69) is 42.0 Å². The quantitative estimate of drug-likeness (QED) is 0.467. The molecule has 1 N–H and O–H groups in total. The Morgan fingerprint density at radius 1 is 1.24 bits per heavy atom. The molecule has 8 heteroatoms. The Kier molecular flexibility index (Phi) is 5.46. The van der Waals surface area contributed by atoms with Crippen LogP contribution in [0.1, 0.15) is 43.0 Å². The number of carboxylic acids is 1. The van der Waals surface area contributed by atoms with Gasteiger partial charge in [-0.15, -0.1) is 0 Å². The van der Waals surface area contributed by atoms with Crippen LogP contribution in [0.25, 0.3) is 33.7 Å². The molecule has 0 aliphatic carbocycles. The van der Waals surface area contributed by atoms with Gasteiger partial charge in [0.25, 0.3) is 5.89 Å². The van der Waals surface area contributed by atoms with Gasteiger partial charge in [-0.1, -0.05) is 17.3 Å². The standard InChI is InChI=1S/C25H27N5O3/c1-15(2)30-14-19-12-17(5-7-22(19)27-30)25-26-24(28-33-25)21-6-4-18-13-29(11-9-23(31)32)10-8-20(18)16(21)3/h4-7,12,14-15H,8-11,13H2,1-3H3,(H,31,32). The number of carbonyl (C=O) groups is 1. The van der Waals surface area contributed by atoms with E-state index in [1.807, 2.05) is 35.1 Å². The third kappa shape index (κ3) is 4.14. The van der Waals surface area contributed by atoms with Crippen molar-refractivity contribution in [3.05, 3.63) is 53.2 Å². The van der Waals surface area contributed by atoms with Crippen LogP contribution in [0.4, 0.5) is 0 Å². The summed E-state index contributed by atoms with van der Waals surface area (Å²) in [5.41, 5.74) is 6.48. The Hall–Kier alpha value is -3.52. The van der Waals surface area contributed by atoms with Crippen molar-refractivity contribution < 1.29 is 14.4 Å². The molecule has 0 saturated heterocycles. The van der Waals surface area contributed by atoms with E-state index in [4.69, 9.17) is 14.6 Å². The Labute approximate surface area is 191 Å². The molecule has 0 fully saturated rings. The predicted octanol–water partition coefficient (Wildman–Crippen LogP) is 4.48. The van der Waals surface area contributed by atoms with Crippen LogP contribution in [-0.4, -0.2) is 49.0 Å². The Morgan fingerprint density at radius 3 is 2.88 bits per heavy atom. The minimum Gasteiger partial charge on any atom is -0.481 e. The van der Waals surface area contributed by atoms with Crippen molar-refractivity contribution in [2.75, 3.05) is 13.1 Å². The average molecular weight is 446 g/mol. The highest BCUT2D eigenvalue weighted by atomic mass is 16.5. The summed E-state index contributed by atoms with van der Waals surface area (Å²) in [5.74, 6) is 0.311. The lowest BCUT2D eigenvalue weighted by Gasteiger charge is -2.29. The lowest BCUT2D eigenvalue weighted by molar-refractivity contribution is -0.137. The molecule has 0 saturated carbocycles. The van der Waals surface area contributed by atoms with Gasteiger partial charge in [-0.3, -0.25) is 14.4 Å². The van der Waals surface area contributed by atoms with Crippen molar-refractivity contribution >= 4 is 16.9 Å². The van der Waals surface area contributed by atoms with Crippen LogP contribution in [0.3, 0.4) is 0 Å². The van der Waals surface area contributed by atoms with E-state index in [1.54, 1.807) is 0 Å². The Balaban J connectivity index is 1.40. The van der Waals surface area contributed by atoms with Crippen molar-refractivity contribution in [1.29, 1.82) is 0 Å². The zero-order valence-electron chi connectivity index (χ0n) is 19.1. The van der Waals surface area contributed by atoms with Crippen LogP contribution < -0.4 is 0 Å². The highest BCUT2D eigenvalue weighted by Gasteiger charge is 2.22. The van der Waals surface area contributed by atoms with E-state index in [9.17, 15) is 4.79 Å². The van der Waals surface area contributed by atoms with E-state index in [0.717, 1.165) is 47.1 Å². The molecule has 0 spiro atoms. The molecule has 4 aromatic rings. The fraction of sp³-hybridized carbons (Fsp3) is 0.360. The first-order valence-electron chi connectivity index (χ1n) is 11.3. The van der Waals surface area contributed by atoms with E-state index >= 15 is 0 Å². The third-order valence-corrected chi connectivity index (χ3v) is 6.37. The number of aromatic nitrogens is 4. The molecule has 0 atom stereocenters. The molecule has 170 valence electrons. The summed E-state index contributed by atoms with van der Waals surface area (Å²) in [6.45, 7) is 8.50. The van der Waals surface area contributed by atoms with Crippen LogP contribution in [0.2, 0.25) is 0 Å². The Bertz CT molecular complexity index is 1340. The van der Waals surface area contributed by atoms with Gasteiger partial charge in [0.2, 0.25) is 5.82 Å². The summed E-state index contributed by atoms with van der Waals surface area (Å²) < 4.78 is 7.58. The molecule has 0 unspecified atom stereocenters. The average Bonchev–Trinajstić information content (AvgIpc) is 3.45. The SMILES string of the molecule is Cc1c(-c2noc(-c3ccc4nn(C(C)C)cc4c3)n2)ccc2c1CCN(CCC(=O)O)C2. The second-order valence-electron chi connectivity index (χ2n) is 8.95. The van der Waals surface area contributed by atoms with Crippen LogP contribution >= 0.6 is 0 Å². The predicted molar refractivity (Wildman–Crippen MR) is 125 cm³/mol. The molecule has 1 aliphatic rings. The second kappa shape index (κ2) is 8.44. The molecule has 33 heavy (non-hydrogen) atoms. The highest BCUT2D eigenvalue weighted by Crippen LogP contribution is 2.31. The number of aliphatic carboxylic acids is 1. The van der Waals surface area contributed by atoms with Crippen LogP contribution in [0, 0.1) is 6.92 Å². The fourth-order valence-corrected chi connectivity index (χ4v) is 4.48. The number of benzene rings is 2. The van der Waals surface area contributed by atoms with Gasteiger partial charge in [0.05, 0.1) is 11.9 Å². The smallest absolute Gasteiger partial charge is 0.304 e. The van der Waals surface area contributed by atoms with E-state index in [-0.39, 0.29) is 6.42 Å². The van der Waals surface area contributed by atoms with E-state index in [1.165, 1.54) is 11.1 Å². The second-order valence-corrected chi connectivity index (χ2v) is 8.95. The first-order chi connectivity index (χ1) is 15.9. The van der Waals surface area contributed by atoms with Crippen molar-refractivity contribution in [2.24, 2.45) is 0 Å². The largest absolute Gasteiger partial charge is 0.481 e. The molecule has 1 aliphatic heterocycles. The van der Waals surface area contributed by atoms with Crippen LogP contribution in [0.15, 0.2) is 41.1 Å². The maximum absolute atomic E-state index is 10.9. The number of nitrogens with zero attached hydrogens (tertiary/aromatic N) is 5. The minimum atomic E-state index is -0.756. The van der Waals surface area contributed by atoms with Gasteiger partial charge >= 0.3 is 5.97 Å². The number of rotatable bonds is 6. The highest BCUT2D eigenvalue weighted by molar-refractivity contribution is 5.83. The summed E-state index contributed by atoms with van der Waals surface area (Å²) in [6.07, 6.45) is 3.09. The van der Waals surface area contributed by atoms with E-state index < -0.39 is 5.97 Å². The first-order valence-corrected chi connectivity index (χ1v) is 11.3. The summed E-state index contributed by atoms with van der Waals surface area (Å²) in [6, 6.07) is 10.4. The van der Waals surface area contributed by atoms with Crippen molar-refractivity contribution in [2.45, 2.75) is 46.2 Å². The van der Waals surface area contributed by atoms with Gasteiger partial charge in [0.15, 0.2) is 0 Å². The fourth-order valence-electron chi connectivity index (χ4n) is 4.48. The molecule has 2 aromatic carbocycles. The van der Waals surface area contributed by atoms with Gasteiger partial charge in [-0.05, 0) is 62.1 Å². The number of hydrogen-bond donors (Lipinski definition) is 1. The summed E-state index contributed by atoms with van der Waals surface area (Å²) in [5, 5.41) is 18.9. The number of hydrogen-bond acceptors (Lipinski definition) is 6. The summed E-state index contributed by atoms with van der Waals surface area (Å²) in [4.78, 5) is 17.8. The molecule has 0 amide bonds. The molecule has 0 bridgehead atoms. The molecular formula is C25H27N5O3. The maximum Gasteiger partial charge on any atom is 0.304 e. The topological polar surface area (TPSA) is 97.3 Å². The lowest BCUT2D eigenvalue weighted by Crippen LogP contribution is -2.32. The van der Waals surface area contributed by atoms with Gasteiger partial charge in [0.1, 0.15) is 0 Å². The lowest BCUT2D eigenvalue weighted by atomic mass is 9.91. The molecule has 0 radical (unpaired) electrons. The van der Waals surface area contributed by atoms with Gasteiger partial charge in [-0.25, -0.2) is 0 Å². The molecule has 5 rings (SSSR count). The van der Waals surface area contributed by atoms with Crippen molar-refractivity contribution in [1.82, 2.24) is 24.8 Å². The summed E-state index contributed by atoms with van der Waals surface area (Å²) in [7, 11) is 0. The maximum atomic E-state index is 10.9. The van der Waals surface area contributed by atoms with E-state index in [0.29, 0.717) is 24.3 Å². The number of fused-ring (bicyclic) bond motifs is 2. The molecule has 2 aromatic heterocycles. The van der Waals surface area contributed by atoms with Crippen LogP contribution in [0.5, 0.6) is 0 Å². The summed E-state index contributed by atoms with van der Waals surface area (Å²) >= 11 is 0. The van der Waals surface area contributed by atoms with Crippen LogP contribution in [-0.2, 0) is 17.8 Å². The molecular weight excluding hydrogens is 418 g/mol. The van der Waals surface area contributed by atoms with Gasteiger partial charge in [0, 0.05) is 48.4 Å². The minimum absolute atomic E-state index is 0.169. The monoisotopic (exact) mass is 445 g/mol. The zero-order valence-corrected chi connectivity index (χ0v) is 19.1. The normalized spacial score (nSPS) is 14.2. The third-order valence-electron chi connectivity index (χ3n) is 6.37. The Morgan fingerprint density at radius 2 is 2.09 bits per heavy atom. The molecule has 8 nitrogen and oxygen atoms in total. The zero-order chi connectivity index (χ0) is 23.1. The molecule has 3 heterocycles. The van der Waals surface area contributed by atoms with Gasteiger partial charge < -0.3 is 9.63 Å². The number of carboxylic acid groups (broad SMARTS) is 1. The van der Waals surface area contributed by atoms with Gasteiger partial charge in [-0.2, -0.15) is 10.1 Å². The van der Waals surface area contributed by atoms with Crippen molar-refractivity contribution in [3.63, 3.8) is 0 Å².